The van der Waals surface area contributed by atoms with Crippen LogP contribution in [0.4, 0.5) is 5.69 Å². The number of nitriles is 1. The first-order chi connectivity index (χ1) is 16.7. The lowest BCUT2D eigenvalue weighted by Crippen LogP contribution is -2.13. The monoisotopic (exact) mass is 640 g/mol. The minimum Gasteiger partial charge on any atom is -0.490 e. The van der Waals surface area contributed by atoms with Gasteiger partial charge >= 0.3 is 0 Å². The molecule has 0 radical (unpaired) electrons. The molecule has 0 unspecified atom stereocenters. The van der Waals surface area contributed by atoms with Gasteiger partial charge in [0.1, 0.15) is 18.2 Å². The largest absolute Gasteiger partial charge is 0.490 e. The van der Waals surface area contributed by atoms with Crippen LogP contribution in [-0.4, -0.2) is 12.5 Å². The van der Waals surface area contributed by atoms with E-state index in [1.54, 1.807) is 42.5 Å². The number of anilines is 1. The van der Waals surface area contributed by atoms with Gasteiger partial charge in [0.05, 0.1) is 20.2 Å². The zero-order chi connectivity index (χ0) is 25.5. The Labute approximate surface area is 232 Å². The summed E-state index contributed by atoms with van der Waals surface area (Å²) in [6.07, 6.45) is 1.50. The van der Waals surface area contributed by atoms with Gasteiger partial charge in [0, 0.05) is 10.7 Å². The van der Waals surface area contributed by atoms with Crippen molar-refractivity contribution in [3.8, 4) is 17.6 Å². The molecule has 3 aromatic carbocycles. The van der Waals surface area contributed by atoms with E-state index < -0.39 is 5.91 Å². The number of amides is 1. The summed E-state index contributed by atoms with van der Waals surface area (Å²) in [5.74, 6) is 0.502. The normalized spacial score (nSPS) is 11.1. The molecule has 0 saturated carbocycles. The number of ether oxygens (including phenoxy) is 2. The summed E-state index contributed by atoms with van der Waals surface area (Å²) in [4.78, 5) is 12.7. The molecule has 1 N–H and O–H groups in total. The van der Waals surface area contributed by atoms with Gasteiger partial charge in [-0.05, 0) is 95.6 Å². The van der Waals surface area contributed by atoms with Crippen molar-refractivity contribution in [1.29, 1.82) is 5.26 Å². The van der Waals surface area contributed by atoms with Gasteiger partial charge in [-0.25, -0.2) is 0 Å². The molecule has 35 heavy (non-hydrogen) atoms. The first kappa shape index (κ1) is 27.2. The van der Waals surface area contributed by atoms with E-state index in [1.165, 1.54) is 6.08 Å². The molecule has 0 aliphatic rings. The Kier molecular flexibility index (Phi) is 9.70. The van der Waals surface area contributed by atoms with Gasteiger partial charge in [-0.2, -0.15) is 5.26 Å². The van der Waals surface area contributed by atoms with Crippen LogP contribution in [0.5, 0.6) is 11.5 Å². The smallest absolute Gasteiger partial charge is 0.266 e. The Morgan fingerprint density at radius 1 is 1.06 bits per heavy atom. The van der Waals surface area contributed by atoms with Crippen LogP contribution in [0.2, 0.25) is 15.1 Å². The Morgan fingerprint density at radius 3 is 2.49 bits per heavy atom. The highest BCUT2D eigenvalue weighted by molar-refractivity contribution is 14.1. The third kappa shape index (κ3) is 7.28. The van der Waals surface area contributed by atoms with Crippen molar-refractivity contribution < 1.29 is 14.3 Å². The molecule has 0 fully saturated rings. The summed E-state index contributed by atoms with van der Waals surface area (Å²) in [6, 6.07) is 15.9. The van der Waals surface area contributed by atoms with Crippen molar-refractivity contribution in [2.24, 2.45) is 0 Å². The van der Waals surface area contributed by atoms with Crippen LogP contribution in [0.15, 0.2) is 54.1 Å². The molecule has 5 nitrogen and oxygen atoms in total. The van der Waals surface area contributed by atoms with Gasteiger partial charge in [0.2, 0.25) is 0 Å². The van der Waals surface area contributed by atoms with Crippen LogP contribution in [-0.2, 0) is 11.4 Å². The number of carbonyl (C=O) groups excluding carboxylic acids is 1. The highest BCUT2D eigenvalue weighted by Gasteiger charge is 2.15. The standard InChI is InChI=1S/C26H20Cl3IN2O3/c1-3-34-24-11-17(8-18(13-31)26(33)32-19-6-4-15(2)21(28)12-19)10-23(30)25(24)35-14-16-5-7-20(27)22(29)9-16/h4-12H,3,14H2,1-2H3,(H,32,33)/b18-8-. The van der Waals surface area contributed by atoms with Crippen molar-refractivity contribution >= 4 is 75.1 Å². The second kappa shape index (κ2) is 12.5. The fourth-order valence-corrected chi connectivity index (χ4v) is 4.33. The summed E-state index contributed by atoms with van der Waals surface area (Å²) in [5, 5.41) is 13.7. The van der Waals surface area contributed by atoms with E-state index in [9.17, 15) is 10.1 Å². The summed E-state index contributed by atoms with van der Waals surface area (Å²) in [5.41, 5.74) is 2.79. The molecule has 0 heterocycles. The molecule has 0 aliphatic carbocycles. The number of rotatable bonds is 8. The summed E-state index contributed by atoms with van der Waals surface area (Å²) in [7, 11) is 0. The lowest BCUT2D eigenvalue weighted by molar-refractivity contribution is -0.112. The van der Waals surface area contributed by atoms with Gasteiger partial charge in [-0.1, -0.05) is 46.9 Å². The zero-order valence-electron chi connectivity index (χ0n) is 18.8. The third-order valence-corrected chi connectivity index (χ3v) is 6.75. The molecule has 3 aromatic rings. The SMILES string of the molecule is CCOc1cc(/C=C(/C#N)C(=O)Nc2ccc(C)c(Cl)c2)cc(I)c1OCc1ccc(Cl)c(Cl)c1. The molecule has 180 valence electrons. The molecule has 3 rings (SSSR count). The van der Waals surface area contributed by atoms with Crippen molar-refractivity contribution in [2.45, 2.75) is 20.5 Å². The quantitative estimate of drug-likeness (QED) is 0.153. The van der Waals surface area contributed by atoms with Crippen LogP contribution in [0.3, 0.4) is 0 Å². The van der Waals surface area contributed by atoms with E-state index in [-0.39, 0.29) is 12.2 Å². The highest BCUT2D eigenvalue weighted by Crippen LogP contribution is 2.36. The van der Waals surface area contributed by atoms with Crippen LogP contribution in [0.25, 0.3) is 6.08 Å². The maximum atomic E-state index is 12.7. The molecule has 0 saturated heterocycles. The van der Waals surface area contributed by atoms with E-state index in [0.29, 0.717) is 44.4 Å². The van der Waals surface area contributed by atoms with Gasteiger partial charge in [-0.3, -0.25) is 4.79 Å². The van der Waals surface area contributed by atoms with Crippen LogP contribution in [0, 0.1) is 21.8 Å². The molecular weight excluding hydrogens is 622 g/mol. The van der Waals surface area contributed by atoms with Crippen LogP contribution >= 0.6 is 57.4 Å². The zero-order valence-corrected chi connectivity index (χ0v) is 23.2. The highest BCUT2D eigenvalue weighted by atomic mass is 127. The maximum absolute atomic E-state index is 12.7. The van der Waals surface area contributed by atoms with E-state index in [1.807, 2.05) is 26.0 Å². The van der Waals surface area contributed by atoms with Crippen LogP contribution < -0.4 is 14.8 Å². The molecule has 0 aromatic heterocycles. The van der Waals surface area contributed by atoms with Crippen molar-refractivity contribution in [3.05, 3.63) is 89.4 Å². The molecule has 9 heteroatoms. The molecule has 0 spiro atoms. The van der Waals surface area contributed by atoms with Gasteiger partial charge in [0.25, 0.3) is 5.91 Å². The number of aryl methyl sites for hydroxylation is 1. The number of hydrogen-bond donors (Lipinski definition) is 1. The summed E-state index contributed by atoms with van der Waals surface area (Å²) >= 11 is 20.3. The minimum atomic E-state index is -0.541. The van der Waals surface area contributed by atoms with Crippen LogP contribution in [0.1, 0.15) is 23.6 Å². The van der Waals surface area contributed by atoms with E-state index in [4.69, 9.17) is 44.3 Å². The average Bonchev–Trinajstić information content (AvgIpc) is 2.81. The predicted octanol–water partition coefficient (Wildman–Crippen LogP) is 8.08. The van der Waals surface area contributed by atoms with E-state index >= 15 is 0 Å². The number of hydrogen-bond acceptors (Lipinski definition) is 4. The second-order valence-electron chi connectivity index (χ2n) is 7.39. The topological polar surface area (TPSA) is 71.3 Å². The van der Waals surface area contributed by atoms with E-state index in [2.05, 4.69) is 27.9 Å². The Morgan fingerprint density at radius 2 is 1.83 bits per heavy atom. The van der Waals surface area contributed by atoms with Gasteiger partial charge < -0.3 is 14.8 Å². The van der Waals surface area contributed by atoms with E-state index in [0.717, 1.165) is 14.7 Å². The Bertz CT molecular complexity index is 1340. The summed E-state index contributed by atoms with van der Waals surface area (Å²) in [6.45, 7) is 4.39. The third-order valence-electron chi connectivity index (χ3n) is 4.80. The fraction of sp³-hybridized carbons (Fsp3) is 0.154. The maximum Gasteiger partial charge on any atom is 0.266 e. The number of benzene rings is 3. The first-order valence-electron chi connectivity index (χ1n) is 10.4. The fourth-order valence-electron chi connectivity index (χ4n) is 3.04. The Balaban J connectivity index is 1.85. The molecule has 0 aliphatic heterocycles. The molecule has 0 bridgehead atoms. The van der Waals surface area contributed by atoms with Gasteiger partial charge in [-0.15, -0.1) is 0 Å². The van der Waals surface area contributed by atoms with Crippen molar-refractivity contribution in [2.75, 3.05) is 11.9 Å². The molecule has 1 amide bonds. The molecule has 0 atom stereocenters. The minimum absolute atomic E-state index is 0.0654. The van der Waals surface area contributed by atoms with Crippen molar-refractivity contribution in [3.63, 3.8) is 0 Å². The Hall–Kier alpha value is -2.44. The summed E-state index contributed by atoms with van der Waals surface area (Å²) < 4.78 is 12.6. The average molecular weight is 642 g/mol. The first-order valence-corrected chi connectivity index (χ1v) is 12.7. The number of nitrogens with zero attached hydrogens (tertiary/aromatic N) is 1. The predicted molar refractivity (Wildman–Crippen MR) is 150 cm³/mol. The van der Waals surface area contributed by atoms with Gasteiger partial charge in [0.15, 0.2) is 11.5 Å². The number of carbonyl (C=O) groups is 1. The second-order valence-corrected chi connectivity index (χ2v) is 9.77. The lowest BCUT2D eigenvalue weighted by Gasteiger charge is -2.15. The molecular formula is C26H20Cl3IN2O3. The lowest BCUT2D eigenvalue weighted by atomic mass is 10.1. The van der Waals surface area contributed by atoms with Crippen molar-refractivity contribution in [1.82, 2.24) is 0 Å². The number of halogens is 4. The number of nitrogens with one attached hydrogen (secondary N) is 1.